The van der Waals surface area contributed by atoms with Gasteiger partial charge in [0.05, 0.1) is 0 Å². The Kier molecular flexibility index (Phi) is 3.96. The first-order valence-electron chi connectivity index (χ1n) is 5.21. The molecular weight excluding hydrogens is 172 g/mol. The predicted molar refractivity (Wildman–Crippen MR) is 62.6 cm³/mol. The molecule has 0 heterocycles. The van der Waals surface area contributed by atoms with E-state index in [-0.39, 0.29) is 6.04 Å². The summed E-state index contributed by atoms with van der Waals surface area (Å²) in [6.07, 6.45) is 1.17. The zero-order valence-electron chi connectivity index (χ0n) is 9.33. The molecular formula is C12H20N2. The Morgan fingerprint density at radius 1 is 1.29 bits per heavy atom. The molecule has 0 fully saturated rings. The number of nitrogens with two attached hydrogens (primary N) is 1. The fourth-order valence-electron chi connectivity index (χ4n) is 1.50. The van der Waals surface area contributed by atoms with Gasteiger partial charge in [0.2, 0.25) is 0 Å². The van der Waals surface area contributed by atoms with Crippen LogP contribution < -0.4 is 10.6 Å². The van der Waals surface area contributed by atoms with Crippen molar-refractivity contribution in [3.63, 3.8) is 0 Å². The van der Waals surface area contributed by atoms with Gasteiger partial charge in [-0.2, -0.15) is 0 Å². The van der Waals surface area contributed by atoms with Crippen LogP contribution in [-0.4, -0.2) is 13.6 Å². The van der Waals surface area contributed by atoms with Gasteiger partial charge in [-0.05, 0) is 31.0 Å². The van der Waals surface area contributed by atoms with E-state index < -0.39 is 0 Å². The van der Waals surface area contributed by atoms with Gasteiger partial charge in [-0.1, -0.05) is 19.1 Å². The topological polar surface area (TPSA) is 29.3 Å². The Balaban J connectivity index is 2.72. The summed E-state index contributed by atoms with van der Waals surface area (Å²) in [5, 5.41) is 0. The highest BCUT2D eigenvalue weighted by atomic mass is 15.1. The molecule has 1 atom stereocenters. The van der Waals surface area contributed by atoms with Crippen LogP contribution in [0.4, 0.5) is 5.69 Å². The lowest BCUT2D eigenvalue weighted by Crippen LogP contribution is -2.17. The average Bonchev–Trinajstić information content (AvgIpc) is 2.18. The van der Waals surface area contributed by atoms with E-state index in [1.165, 1.54) is 17.7 Å². The molecule has 0 spiro atoms. The van der Waals surface area contributed by atoms with Crippen LogP contribution in [0.15, 0.2) is 24.3 Å². The highest BCUT2D eigenvalue weighted by Crippen LogP contribution is 2.16. The molecule has 1 aromatic carbocycles. The van der Waals surface area contributed by atoms with Gasteiger partial charge in [-0.15, -0.1) is 0 Å². The van der Waals surface area contributed by atoms with Crippen LogP contribution in [0.25, 0.3) is 0 Å². The Hall–Kier alpha value is -1.02. The highest BCUT2D eigenvalue weighted by molar-refractivity contribution is 5.47. The van der Waals surface area contributed by atoms with E-state index in [9.17, 15) is 0 Å². The number of benzene rings is 1. The molecule has 78 valence electrons. The third-order valence-corrected chi connectivity index (χ3v) is 2.42. The number of hydrogen-bond donors (Lipinski definition) is 1. The zero-order valence-corrected chi connectivity index (χ0v) is 9.33. The second-order valence-electron chi connectivity index (χ2n) is 3.80. The summed E-state index contributed by atoms with van der Waals surface area (Å²) in [4.78, 5) is 2.25. The summed E-state index contributed by atoms with van der Waals surface area (Å²) < 4.78 is 0. The van der Waals surface area contributed by atoms with Crippen LogP contribution in [0.1, 0.15) is 31.9 Å². The third-order valence-electron chi connectivity index (χ3n) is 2.42. The first-order chi connectivity index (χ1) is 6.65. The summed E-state index contributed by atoms with van der Waals surface area (Å²) >= 11 is 0. The summed E-state index contributed by atoms with van der Waals surface area (Å²) in [7, 11) is 2.12. The number of rotatable bonds is 4. The molecule has 14 heavy (non-hydrogen) atoms. The molecule has 0 saturated carbocycles. The number of nitrogens with zero attached hydrogens (tertiary/aromatic N) is 1. The van der Waals surface area contributed by atoms with E-state index in [0.717, 1.165) is 6.54 Å². The lowest BCUT2D eigenvalue weighted by atomic mass is 10.1. The van der Waals surface area contributed by atoms with Crippen molar-refractivity contribution in [3.05, 3.63) is 29.8 Å². The van der Waals surface area contributed by atoms with Crippen LogP contribution in [0.5, 0.6) is 0 Å². The third kappa shape index (κ3) is 2.74. The van der Waals surface area contributed by atoms with Crippen molar-refractivity contribution in [2.24, 2.45) is 5.73 Å². The van der Waals surface area contributed by atoms with Gasteiger partial charge in [-0.3, -0.25) is 0 Å². The van der Waals surface area contributed by atoms with Gasteiger partial charge in [0.25, 0.3) is 0 Å². The summed E-state index contributed by atoms with van der Waals surface area (Å²) in [6.45, 7) is 5.29. The molecule has 0 amide bonds. The molecule has 0 aliphatic rings. The minimum absolute atomic E-state index is 0.125. The molecule has 0 radical (unpaired) electrons. The Morgan fingerprint density at radius 2 is 1.86 bits per heavy atom. The molecule has 0 saturated heterocycles. The Bertz CT molecular complexity index is 264. The lowest BCUT2D eigenvalue weighted by Gasteiger charge is -2.18. The van der Waals surface area contributed by atoms with Crippen LogP contribution in [0, 0.1) is 0 Å². The molecule has 0 aromatic heterocycles. The van der Waals surface area contributed by atoms with E-state index in [2.05, 4.69) is 43.1 Å². The first kappa shape index (κ1) is 11.1. The quantitative estimate of drug-likeness (QED) is 0.794. The summed E-state index contributed by atoms with van der Waals surface area (Å²) in [5.41, 5.74) is 8.24. The van der Waals surface area contributed by atoms with E-state index >= 15 is 0 Å². The van der Waals surface area contributed by atoms with Crippen LogP contribution in [-0.2, 0) is 0 Å². The number of hydrogen-bond acceptors (Lipinski definition) is 2. The van der Waals surface area contributed by atoms with Crippen molar-refractivity contribution >= 4 is 5.69 Å². The molecule has 1 aromatic rings. The minimum Gasteiger partial charge on any atom is -0.375 e. The summed E-state index contributed by atoms with van der Waals surface area (Å²) in [6, 6.07) is 8.60. The molecule has 2 heteroatoms. The monoisotopic (exact) mass is 192 g/mol. The van der Waals surface area contributed by atoms with Crippen molar-refractivity contribution in [2.45, 2.75) is 26.3 Å². The number of anilines is 1. The Morgan fingerprint density at radius 3 is 2.29 bits per heavy atom. The zero-order chi connectivity index (χ0) is 10.6. The minimum atomic E-state index is 0.125. The molecule has 0 bridgehead atoms. The van der Waals surface area contributed by atoms with Crippen LogP contribution in [0.3, 0.4) is 0 Å². The van der Waals surface area contributed by atoms with E-state index in [0.29, 0.717) is 0 Å². The largest absolute Gasteiger partial charge is 0.375 e. The normalized spacial score (nSPS) is 12.6. The predicted octanol–water partition coefficient (Wildman–Crippen LogP) is 2.55. The smallest absolute Gasteiger partial charge is 0.0363 e. The fourth-order valence-corrected chi connectivity index (χ4v) is 1.50. The maximum Gasteiger partial charge on any atom is 0.0363 e. The molecule has 0 aliphatic heterocycles. The van der Waals surface area contributed by atoms with Gasteiger partial charge in [-0.25, -0.2) is 0 Å². The van der Waals surface area contributed by atoms with Crippen molar-refractivity contribution in [1.29, 1.82) is 0 Å². The van der Waals surface area contributed by atoms with E-state index in [1.54, 1.807) is 0 Å². The molecule has 1 rings (SSSR count). The molecule has 0 unspecified atom stereocenters. The highest BCUT2D eigenvalue weighted by Gasteiger charge is 2.01. The van der Waals surface area contributed by atoms with Crippen molar-refractivity contribution < 1.29 is 0 Å². The van der Waals surface area contributed by atoms with Crippen molar-refractivity contribution in [1.82, 2.24) is 0 Å². The second-order valence-corrected chi connectivity index (χ2v) is 3.80. The summed E-state index contributed by atoms with van der Waals surface area (Å²) in [5.74, 6) is 0. The van der Waals surface area contributed by atoms with Gasteiger partial charge in [0.15, 0.2) is 0 Å². The Labute approximate surface area is 86.7 Å². The lowest BCUT2D eigenvalue weighted by molar-refractivity contribution is 0.815. The average molecular weight is 192 g/mol. The molecule has 2 N–H and O–H groups in total. The van der Waals surface area contributed by atoms with Crippen molar-refractivity contribution in [3.8, 4) is 0 Å². The maximum atomic E-state index is 5.78. The SMILES string of the molecule is CCCN(C)c1ccc([C@@H](C)N)cc1. The van der Waals surface area contributed by atoms with Gasteiger partial charge >= 0.3 is 0 Å². The van der Waals surface area contributed by atoms with Crippen molar-refractivity contribution in [2.75, 3.05) is 18.5 Å². The maximum absolute atomic E-state index is 5.78. The van der Waals surface area contributed by atoms with Gasteiger partial charge < -0.3 is 10.6 Å². The van der Waals surface area contributed by atoms with Crippen LogP contribution in [0.2, 0.25) is 0 Å². The molecule has 2 nitrogen and oxygen atoms in total. The molecule has 0 aliphatic carbocycles. The standard InChI is InChI=1S/C12H20N2/c1-4-9-14(3)12-7-5-11(6-8-12)10(2)13/h5-8,10H,4,9,13H2,1-3H3/t10-/m1/s1. The van der Waals surface area contributed by atoms with E-state index in [4.69, 9.17) is 5.73 Å². The second kappa shape index (κ2) is 5.01. The first-order valence-corrected chi connectivity index (χ1v) is 5.21. The van der Waals surface area contributed by atoms with Gasteiger partial charge in [0.1, 0.15) is 0 Å². The van der Waals surface area contributed by atoms with E-state index in [1.807, 2.05) is 6.92 Å². The van der Waals surface area contributed by atoms with Gasteiger partial charge in [0, 0.05) is 25.3 Å². The fraction of sp³-hybridized carbons (Fsp3) is 0.500. The van der Waals surface area contributed by atoms with Crippen LogP contribution >= 0.6 is 0 Å².